The van der Waals surface area contributed by atoms with E-state index in [0.29, 0.717) is 22.7 Å². The second-order valence-electron chi connectivity index (χ2n) is 3.94. The van der Waals surface area contributed by atoms with E-state index in [0.717, 1.165) is 5.56 Å². The second-order valence-corrected chi connectivity index (χ2v) is 4.72. The summed E-state index contributed by atoms with van der Waals surface area (Å²) in [6, 6.07) is 8.85. The van der Waals surface area contributed by atoms with Gasteiger partial charge in [-0.2, -0.15) is 0 Å². The first-order chi connectivity index (χ1) is 9.24. The van der Waals surface area contributed by atoms with E-state index in [9.17, 15) is 4.79 Å². The number of carbonyl (C=O) groups excluding carboxylic acids is 1. The molecule has 5 nitrogen and oxygen atoms in total. The summed E-state index contributed by atoms with van der Waals surface area (Å²) < 4.78 is 16.3. The molecule has 1 aliphatic rings. The van der Waals surface area contributed by atoms with Crippen molar-refractivity contribution in [1.82, 2.24) is 5.32 Å². The molecule has 0 bridgehead atoms. The highest BCUT2D eigenvalue weighted by Gasteiger charge is 2.18. The molecule has 0 aliphatic carbocycles. The van der Waals surface area contributed by atoms with Gasteiger partial charge in [-0.1, -0.05) is 12.1 Å². The van der Waals surface area contributed by atoms with Crippen molar-refractivity contribution in [3.63, 3.8) is 0 Å². The van der Waals surface area contributed by atoms with Crippen LogP contribution in [0.15, 0.2) is 39.4 Å². The van der Waals surface area contributed by atoms with E-state index >= 15 is 0 Å². The topological polar surface area (TPSA) is 60.7 Å². The Morgan fingerprint density at radius 2 is 2.16 bits per heavy atom. The van der Waals surface area contributed by atoms with Gasteiger partial charge >= 0.3 is 0 Å². The molecule has 1 aromatic heterocycles. The molecule has 2 heterocycles. The number of furan rings is 1. The normalized spacial score (nSPS) is 12.5. The van der Waals surface area contributed by atoms with Gasteiger partial charge in [-0.15, -0.1) is 0 Å². The molecule has 0 atom stereocenters. The number of hydrogen-bond acceptors (Lipinski definition) is 4. The first-order valence-corrected chi connectivity index (χ1v) is 6.44. The van der Waals surface area contributed by atoms with Crippen molar-refractivity contribution < 1.29 is 18.7 Å². The Labute approximate surface area is 117 Å². The molecule has 6 heteroatoms. The summed E-state index contributed by atoms with van der Waals surface area (Å²) in [6.07, 6.45) is 0. The fraction of sp³-hybridized carbons (Fsp3) is 0.154. The lowest BCUT2D eigenvalue weighted by Gasteiger charge is -2.06. The minimum atomic E-state index is -0.276. The van der Waals surface area contributed by atoms with Crippen LogP contribution in [0.3, 0.4) is 0 Å². The summed E-state index contributed by atoms with van der Waals surface area (Å²) in [5.74, 6) is 1.37. The summed E-state index contributed by atoms with van der Waals surface area (Å²) in [6.45, 7) is 0.565. The molecule has 1 amide bonds. The summed E-state index contributed by atoms with van der Waals surface area (Å²) in [4.78, 5) is 11.8. The van der Waals surface area contributed by atoms with E-state index in [1.54, 1.807) is 12.1 Å². The Kier molecular flexibility index (Phi) is 3.16. The van der Waals surface area contributed by atoms with Gasteiger partial charge in [0, 0.05) is 12.1 Å². The maximum atomic E-state index is 11.8. The number of benzene rings is 1. The molecule has 0 saturated heterocycles. The first-order valence-electron chi connectivity index (χ1n) is 5.65. The van der Waals surface area contributed by atoms with Gasteiger partial charge in [-0.25, -0.2) is 0 Å². The molecule has 2 aromatic rings. The van der Waals surface area contributed by atoms with Crippen LogP contribution in [0.1, 0.15) is 16.1 Å². The number of hydrogen-bond donors (Lipinski definition) is 1. The third-order valence-electron chi connectivity index (χ3n) is 2.71. The maximum Gasteiger partial charge on any atom is 0.287 e. The smallest absolute Gasteiger partial charge is 0.287 e. The van der Waals surface area contributed by atoms with Crippen molar-refractivity contribution in [2.75, 3.05) is 6.79 Å². The number of para-hydroxylation sites is 1. The number of amides is 1. The summed E-state index contributed by atoms with van der Waals surface area (Å²) in [5.41, 5.74) is 0.869. The van der Waals surface area contributed by atoms with Gasteiger partial charge < -0.3 is 19.2 Å². The first kappa shape index (κ1) is 12.1. The predicted molar refractivity (Wildman–Crippen MR) is 70.1 cm³/mol. The highest BCUT2D eigenvalue weighted by atomic mass is 79.9. The third kappa shape index (κ3) is 2.44. The van der Waals surface area contributed by atoms with E-state index in [1.165, 1.54) is 0 Å². The lowest BCUT2D eigenvalue weighted by atomic mass is 10.2. The number of rotatable bonds is 3. The van der Waals surface area contributed by atoms with Crippen molar-refractivity contribution in [3.05, 3.63) is 46.3 Å². The van der Waals surface area contributed by atoms with Crippen molar-refractivity contribution in [1.29, 1.82) is 0 Å². The molecule has 0 spiro atoms. The van der Waals surface area contributed by atoms with E-state index in [2.05, 4.69) is 21.2 Å². The van der Waals surface area contributed by atoms with Crippen LogP contribution in [-0.4, -0.2) is 12.7 Å². The van der Waals surface area contributed by atoms with E-state index < -0.39 is 0 Å². The Morgan fingerprint density at radius 3 is 2.95 bits per heavy atom. The largest absolute Gasteiger partial charge is 0.454 e. The molecule has 1 aliphatic heterocycles. The van der Waals surface area contributed by atoms with Crippen molar-refractivity contribution in [3.8, 4) is 11.5 Å². The second kappa shape index (κ2) is 4.97. The quantitative estimate of drug-likeness (QED) is 0.943. The molecule has 1 N–H and O–H groups in total. The summed E-state index contributed by atoms with van der Waals surface area (Å²) >= 11 is 3.15. The average Bonchev–Trinajstić information content (AvgIpc) is 3.04. The lowest BCUT2D eigenvalue weighted by molar-refractivity contribution is 0.0921. The van der Waals surface area contributed by atoms with E-state index in [-0.39, 0.29) is 18.5 Å². The molecule has 98 valence electrons. The molecule has 0 fully saturated rings. The van der Waals surface area contributed by atoms with Gasteiger partial charge in [0.15, 0.2) is 21.9 Å². The number of nitrogens with one attached hydrogen (secondary N) is 1. The van der Waals surface area contributed by atoms with Gasteiger partial charge in [0.25, 0.3) is 5.91 Å². The van der Waals surface area contributed by atoms with Gasteiger partial charge in [-0.3, -0.25) is 4.79 Å². The lowest BCUT2D eigenvalue weighted by Crippen LogP contribution is -2.22. The van der Waals surface area contributed by atoms with Crippen LogP contribution >= 0.6 is 15.9 Å². The van der Waals surface area contributed by atoms with Crippen LogP contribution in [0, 0.1) is 0 Å². The van der Waals surface area contributed by atoms with Crippen LogP contribution in [-0.2, 0) is 6.54 Å². The Balaban J connectivity index is 1.70. The SMILES string of the molecule is O=C(NCc1cccc2c1OCO2)c1ccc(Br)o1. The van der Waals surface area contributed by atoms with E-state index in [1.807, 2.05) is 18.2 Å². The van der Waals surface area contributed by atoms with Crippen molar-refractivity contribution in [2.24, 2.45) is 0 Å². The minimum Gasteiger partial charge on any atom is -0.454 e. The number of halogens is 1. The molecular weight excluding hydrogens is 314 g/mol. The van der Waals surface area contributed by atoms with Gasteiger partial charge in [0.2, 0.25) is 6.79 Å². The zero-order valence-electron chi connectivity index (χ0n) is 9.81. The van der Waals surface area contributed by atoms with Crippen LogP contribution in [0.25, 0.3) is 0 Å². The molecule has 3 rings (SSSR count). The Hall–Kier alpha value is -1.95. The van der Waals surface area contributed by atoms with Crippen LogP contribution < -0.4 is 14.8 Å². The highest BCUT2D eigenvalue weighted by molar-refractivity contribution is 9.10. The molecule has 0 unspecified atom stereocenters. The molecule has 19 heavy (non-hydrogen) atoms. The van der Waals surface area contributed by atoms with Crippen LogP contribution in [0.2, 0.25) is 0 Å². The zero-order valence-corrected chi connectivity index (χ0v) is 11.4. The minimum absolute atomic E-state index is 0.214. The zero-order chi connectivity index (χ0) is 13.2. The molecule has 0 radical (unpaired) electrons. The van der Waals surface area contributed by atoms with Gasteiger partial charge in [0.1, 0.15) is 0 Å². The van der Waals surface area contributed by atoms with Crippen molar-refractivity contribution in [2.45, 2.75) is 6.54 Å². The average molecular weight is 324 g/mol. The van der Waals surface area contributed by atoms with Gasteiger partial charge in [-0.05, 0) is 34.1 Å². The Morgan fingerprint density at radius 1 is 1.26 bits per heavy atom. The molecule has 0 saturated carbocycles. The molecular formula is C13H10BrNO4. The van der Waals surface area contributed by atoms with Crippen molar-refractivity contribution >= 4 is 21.8 Å². The fourth-order valence-electron chi connectivity index (χ4n) is 1.83. The monoisotopic (exact) mass is 323 g/mol. The number of carbonyl (C=O) groups is 1. The standard InChI is InChI=1S/C13H10BrNO4/c14-11-5-4-10(19-11)13(16)15-6-8-2-1-3-9-12(8)18-7-17-9/h1-5H,6-7H2,(H,15,16). The maximum absolute atomic E-state index is 11.8. The van der Waals surface area contributed by atoms with Crippen LogP contribution in [0.4, 0.5) is 0 Å². The fourth-order valence-corrected chi connectivity index (χ4v) is 2.14. The summed E-state index contributed by atoms with van der Waals surface area (Å²) in [5, 5.41) is 2.77. The van der Waals surface area contributed by atoms with Crippen LogP contribution in [0.5, 0.6) is 11.5 Å². The Bertz CT molecular complexity index is 623. The predicted octanol–water partition coefficient (Wildman–Crippen LogP) is 2.70. The highest BCUT2D eigenvalue weighted by Crippen LogP contribution is 2.35. The molecule has 1 aromatic carbocycles. The van der Waals surface area contributed by atoms with E-state index in [4.69, 9.17) is 13.9 Å². The summed E-state index contributed by atoms with van der Waals surface area (Å²) in [7, 11) is 0. The van der Waals surface area contributed by atoms with Gasteiger partial charge in [0.05, 0.1) is 0 Å². The number of fused-ring (bicyclic) bond motifs is 1. The number of ether oxygens (including phenoxy) is 2. The third-order valence-corrected chi connectivity index (χ3v) is 3.14.